The Morgan fingerprint density at radius 2 is 1.85 bits per heavy atom. The topological polar surface area (TPSA) is 172 Å². The summed E-state index contributed by atoms with van der Waals surface area (Å²) < 4.78 is 72.8. The first-order chi connectivity index (χ1) is 15.3. The average molecular weight is 491 g/mol. The number of rotatable bonds is 9. The van der Waals surface area contributed by atoms with Gasteiger partial charge in [-0.25, -0.2) is 9.78 Å². The third-order valence-electron chi connectivity index (χ3n) is 3.93. The van der Waals surface area contributed by atoms with E-state index in [0.29, 0.717) is 0 Å². The van der Waals surface area contributed by atoms with Crippen molar-refractivity contribution in [3.63, 3.8) is 0 Å². The van der Waals surface area contributed by atoms with Crippen LogP contribution < -0.4 is 10.6 Å². The van der Waals surface area contributed by atoms with Gasteiger partial charge in [0.2, 0.25) is 0 Å². The van der Waals surface area contributed by atoms with Crippen LogP contribution in [0.3, 0.4) is 0 Å². The lowest BCUT2D eigenvalue weighted by Gasteiger charge is -2.17. The molecule has 15 heteroatoms. The second kappa shape index (κ2) is 10.3. The third-order valence-corrected chi connectivity index (χ3v) is 4.30. The Kier molecular flexibility index (Phi) is 7.94. The molecule has 0 aliphatic heterocycles. The average Bonchev–Trinajstić information content (AvgIpc) is 2.69. The lowest BCUT2D eigenvalue weighted by molar-refractivity contribution is -0.139. The molecule has 33 heavy (non-hydrogen) atoms. The number of carbonyl (C=O) groups excluding carboxylic acids is 2. The molecule has 1 aromatic carbocycles. The molecule has 0 saturated heterocycles. The largest absolute Gasteiger partial charge is 0.481 e. The van der Waals surface area contributed by atoms with E-state index in [9.17, 15) is 36.0 Å². The van der Waals surface area contributed by atoms with Gasteiger partial charge in [0, 0.05) is 18.3 Å². The second-order valence-electron chi connectivity index (χ2n) is 6.39. The zero-order valence-corrected chi connectivity index (χ0v) is 17.2. The van der Waals surface area contributed by atoms with Crippen molar-refractivity contribution in [1.82, 2.24) is 10.3 Å². The number of anilines is 2. The summed E-state index contributed by atoms with van der Waals surface area (Å²) in [6.07, 6.45) is -4.66. The van der Waals surface area contributed by atoms with E-state index < -0.39 is 58.9 Å². The number of carboxylic acid groups (broad SMARTS) is 1. The molecule has 1 amide bonds. The maximum absolute atomic E-state index is 12.9. The van der Waals surface area contributed by atoms with Crippen LogP contribution in [0.5, 0.6) is 0 Å². The SMILES string of the molecule is O=C(O)CCC(NC(=O)c1cccnc1Nc1cccc(C(F)(F)F)c1)C(=O)OS(=O)(=O)O. The van der Waals surface area contributed by atoms with E-state index in [4.69, 9.17) is 9.66 Å². The first-order valence-electron chi connectivity index (χ1n) is 8.89. The molecule has 0 spiro atoms. The van der Waals surface area contributed by atoms with Crippen molar-refractivity contribution in [2.24, 2.45) is 0 Å². The number of aliphatic carboxylic acids is 1. The summed E-state index contributed by atoms with van der Waals surface area (Å²) in [6.45, 7) is 0. The summed E-state index contributed by atoms with van der Waals surface area (Å²) in [5.41, 5.74) is -1.29. The van der Waals surface area contributed by atoms with Crippen LogP contribution in [0.4, 0.5) is 24.7 Å². The van der Waals surface area contributed by atoms with E-state index in [0.717, 1.165) is 18.2 Å². The number of amides is 1. The van der Waals surface area contributed by atoms with E-state index in [-0.39, 0.29) is 17.1 Å². The van der Waals surface area contributed by atoms with E-state index in [1.807, 2.05) is 0 Å². The summed E-state index contributed by atoms with van der Waals surface area (Å²) in [7, 11) is -5.24. The Balaban J connectivity index is 2.28. The molecule has 1 aromatic heterocycles. The molecule has 0 saturated carbocycles. The minimum Gasteiger partial charge on any atom is -0.481 e. The molecule has 11 nitrogen and oxygen atoms in total. The van der Waals surface area contributed by atoms with Crippen LogP contribution >= 0.6 is 0 Å². The summed E-state index contributed by atoms with van der Waals surface area (Å²) in [6, 6.07) is 4.72. The van der Waals surface area contributed by atoms with Gasteiger partial charge in [-0.2, -0.15) is 21.6 Å². The first-order valence-corrected chi connectivity index (χ1v) is 10.3. The summed E-state index contributed by atoms with van der Waals surface area (Å²) in [5, 5.41) is 13.4. The number of benzene rings is 1. The fraction of sp³-hybridized carbons (Fsp3) is 0.222. The van der Waals surface area contributed by atoms with Crippen LogP contribution in [-0.4, -0.2) is 46.9 Å². The lowest BCUT2D eigenvalue weighted by atomic mass is 10.1. The maximum Gasteiger partial charge on any atom is 0.449 e. The summed E-state index contributed by atoms with van der Waals surface area (Å²) in [5.74, 6) is -4.29. The minimum absolute atomic E-state index is 0.0641. The zero-order chi connectivity index (χ0) is 24.8. The highest BCUT2D eigenvalue weighted by Crippen LogP contribution is 2.31. The Morgan fingerprint density at radius 1 is 1.15 bits per heavy atom. The van der Waals surface area contributed by atoms with Crippen molar-refractivity contribution in [2.45, 2.75) is 25.1 Å². The normalized spacial score (nSPS) is 12.5. The van der Waals surface area contributed by atoms with Crippen molar-refractivity contribution >= 4 is 39.8 Å². The Bertz CT molecular complexity index is 1150. The number of alkyl halides is 3. The highest BCUT2D eigenvalue weighted by atomic mass is 32.3. The van der Waals surface area contributed by atoms with Crippen LogP contribution in [0, 0.1) is 0 Å². The van der Waals surface area contributed by atoms with Crippen molar-refractivity contribution in [3.05, 3.63) is 53.7 Å². The highest BCUT2D eigenvalue weighted by molar-refractivity contribution is 7.81. The molecule has 0 fully saturated rings. The van der Waals surface area contributed by atoms with Gasteiger partial charge in [-0.1, -0.05) is 6.07 Å². The molecule has 0 aliphatic carbocycles. The Labute approximate surface area is 184 Å². The smallest absolute Gasteiger partial charge is 0.449 e. The number of carbonyl (C=O) groups is 3. The first kappa shape index (κ1) is 25.5. The van der Waals surface area contributed by atoms with E-state index >= 15 is 0 Å². The molecular formula is C18H16F3N3O8S. The molecule has 178 valence electrons. The van der Waals surface area contributed by atoms with Gasteiger partial charge in [0.1, 0.15) is 11.9 Å². The fourth-order valence-electron chi connectivity index (χ4n) is 2.51. The molecule has 0 aliphatic rings. The minimum atomic E-state index is -5.24. The fourth-order valence-corrected chi connectivity index (χ4v) is 2.84. The van der Waals surface area contributed by atoms with Crippen molar-refractivity contribution < 1.29 is 49.8 Å². The van der Waals surface area contributed by atoms with Gasteiger partial charge in [-0.3, -0.25) is 14.1 Å². The van der Waals surface area contributed by atoms with Gasteiger partial charge in [-0.15, -0.1) is 0 Å². The summed E-state index contributed by atoms with van der Waals surface area (Å²) in [4.78, 5) is 39.3. The van der Waals surface area contributed by atoms with E-state index in [1.54, 1.807) is 0 Å². The van der Waals surface area contributed by atoms with Gasteiger partial charge >= 0.3 is 28.5 Å². The molecule has 4 N–H and O–H groups in total. The number of pyridine rings is 1. The molecule has 1 heterocycles. The Morgan fingerprint density at radius 3 is 2.45 bits per heavy atom. The standard InChI is InChI=1S/C18H16F3N3O8S/c19-18(20,21)10-3-1-4-11(9-10)23-15-12(5-2-8-22-15)16(27)24-13(6-7-14(25)26)17(28)32-33(29,30)31/h1-5,8-9,13H,6-7H2,(H,22,23)(H,24,27)(H,25,26)(H,29,30,31). The van der Waals surface area contributed by atoms with Crippen LogP contribution in [0.25, 0.3) is 0 Å². The van der Waals surface area contributed by atoms with Gasteiger partial charge in [0.05, 0.1) is 11.1 Å². The second-order valence-corrected chi connectivity index (χ2v) is 7.41. The number of halogens is 3. The molecule has 2 rings (SSSR count). The number of nitrogens with one attached hydrogen (secondary N) is 2. The lowest BCUT2D eigenvalue weighted by Crippen LogP contribution is -2.43. The van der Waals surface area contributed by atoms with Crippen LogP contribution in [0.15, 0.2) is 42.6 Å². The molecule has 1 atom stereocenters. The van der Waals surface area contributed by atoms with Crippen LogP contribution in [-0.2, 0) is 30.3 Å². The number of nitrogens with zero attached hydrogens (tertiary/aromatic N) is 1. The zero-order valence-electron chi connectivity index (χ0n) is 16.4. The molecule has 0 radical (unpaired) electrons. The van der Waals surface area contributed by atoms with Gasteiger partial charge < -0.3 is 19.9 Å². The van der Waals surface area contributed by atoms with Crippen LogP contribution in [0.2, 0.25) is 0 Å². The molecular weight excluding hydrogens is 475 g/mol. The predicted molar refractivity (Wildman–Crippen MR) is 105 cm³/mol. The van der Waals surface area contributed by atoms with Gasteiger partial charge in [-0.05, 0) is 36.8 Å². The number of aromatic nitrogens is 1. The van der Waals surface area contributed by atoms with Crippen molar-refractivity contribution in [2.75, 3.05) is 5.32 Å². The van der Waals surface area contributed by atoms with E-state index in [2.05, 4.69) is 19.8 Å². The molecule has 1 unspecified atom stereocenters. The molecule has 0 bridgehead atoms. The van der Waals surface area contributed by atoms with Crippen molar-refractivity contribution in [1.29, 1.82) is 0 Å². The van der Waals surface area contributed by atoms with E-state index in [1.165, 1.54) is 24.4 Å². The quantitative estimate of drug-likeness (QED) is 0.381. The van der Waals surface area contributed by atoms with Gasteiger partial charge in [0.15, 0.2) is 0 Å². The Hall–Kier alpha value is -3.72. The van der Waals surface area contributed by atoms with Crippen LogP contribution in [0.1, 0.15) is 28.8 Å². The predicted octanol–water partition coefficient (Wildman–Crippen LogP) is 2.15. The van der Waals surface area contributed by atoms with Crippen molar-refractivity contribution in [3.8, 4) is 0 Å². The monoisotopic (exact) mass is 491 g/mol. The summed E-state index contributed by atoms with van der Waals surface area (Å²) >= 11 is 0. The maximum atomic E-state index is 12.9. The number of carboxylic acids is 1. The molecule has 2 aromatic rings. The number of hydrogen-bond acceptors (Lipinski definition) is 8. The van der Waals surface area contributed by atoms with Gasteiger partial charge in [0.25, 0.3) is 5.91 Å². The highest BCUT2D eigenvalue weighted by Gasteiger charge is 2.31. The number of hydrogen-bond donors (Lipinski definition) is 4. The third kappa shape index (κ3) is 8.04.